The van der Waals surface area contributed by atoms with Gasteiger partial charge in [0.05, 0.1) is 6.61 Å². The van der Waals surface area contributed by atoms with Gasteiger partial charge in [0.2, 0.25) is 8.32 Å². The van der Waals surface area contributed by atoms with Crippen molar-refractivity contribution in [2.45, 2.75) is 57.7 Å². The molecule has 3 aromatic rings. The predicted octanol–water partition coefficient (Wildman–Crippen LogP) is 7.27. The van der Waals surface area contributed by atoms with E-state index in [4.69, 9.17) is 14.9 Å². The minimum absolute atomic E-state index is 0.143. The van der Waals surface area contributed by atoms with Crippen LogP contribution in [0.5, 0.6) is 11.5 Å². The lowest BCUT2D eigenvalue weighted by Gasteiger charge is -2.38. The minimum atomic E-state index is -1.92. The smallest absolute Gasteiger partial charge is 0.250 e. The van der Waals surface area contributed by atoms with Crippen LogP contribution in [-0.4, -0.2) is 14.9 Å². The van der Waals surface area contributed by atoms with Gasteiger partial charge in [0.25, 0.3) is 0 Å². The molecular weight excluding hydrogens is 410 g/mol. The first-order valence-corrected chi connectivity index (χ1v) is 14.3. The second kappa shape index (κ2) is 8.32. The molecular formula is C28H35NO2Si. The molecule has 0 spiro atoms. The summed E-state index contributed by atoms with van der Waals surface area (Å²) in [5, 5.41) is 0.143. The molecule has 1 aliphatic heterocycles. The molecule has 3 aromatic carbocycles. The first-order chi connectivity index (χ1) is 15.0. The molecule has 0 amide bonds. The molecule has 32 heavy (non-hydrogen) atoms. The summed E-state index contributed by atoms with van der Waals surface area (Å²) in [6.45, 7) is 14.1. The van der Waals surface area contributed by atoms with Gasteiger partial charge in [-0.3, -0.25) is 0 Å². The van der Waals surface area contributed by atoms with Gasteiger partial charge in [0, 0.05) is 29.2 Å². The van der Waals surface area contributed by atoms with Crippen molar-refractivity contribution in [1.82, 2.24) is 0 Å². The molecule has 0 aliphatic carbocycles. The van der Waals surface area contributed by atoms with Crippen molar-refractivity contribution in [3.05, 3.63) is 89.0 Å². The Morgan fingerprint density at radius 3 is 2.34 bits per heavy atom. The van der Waals surface area contributed by atoms with Crippen LogP contribution in [0.3, 0.4) is 0 Å². The molecule has 1 aliphatic rings. The fraction of sp³-hybridized carbons (Fsp3) is 0.357. The fourth-order valence-electron chi connectivity index (χ4n) is 4.25. The van der Waals surface area contributed by atoms with Gasteiger partial charge in [0.15, 0.2) is 0 Å². The van der Waals surface area contributed by atoms with Gasteiger partial charge < -0.3 is 14.9 Å². The van der Waals surface area contributed by atoms with Crippen molar-refractivity contribution in [1.29, 1.82) is 0 Å². The Morgan fingerprint density at radius 2 is 1.66 bits per heavy atom. The summed E-state index contributed by atoms with van der Waals surface area (Å²) in [6.07, 6.45) is 0. The van der Waals surface area contributed by atoms with Crippen LogP contribution in [0.15, 0.2) is 66.7 Å². The largest absolute Gasteiger partial charge is 0.543 e. The van der Waals surface area contributed by atoms with E-state index in [0.29, 0.717) is 6.61 Å². The summed E-state index contributed by atoms with van der Waals surface area (Å²) >= 11 is 0. The van der Waals surface area contributed by atoms with E-state index >= 15 is 0 Å². The molecule has 0 radical (unpaired) electrons. The SMILES string of the molecule is Cc1cccc(C2COc3cc(O[Si](C)(C)C(C)(C)C)ccc3C2c2cccc(N)c2)c1. The fourth-order valence-corrected chi connectivity index (χ4v) is 5.28. The first kappa shape index (κ1) is 22.5. The molecule has 168 valence electrons. The number of nitrogens with two attached hydrogens (primary N) is 1. The van der Waals surface area contributed by atoms with Crippen molar-refractivity contribution < 1.29 is 9.16 Å². The minimum Gasteiger partial charge on any atom is -0.543 e. The Hall–Kier alpha value is -2.72. The Kier molecular flexibility index (Phi) is 5.84. The molecule has 0 fully saturated rings. The topological polar surface area (TPSA) is 44.5 Å². The lowest BCUT2D eigenvalue weighted by Crippen LogP contribution is -2.43. The number of ether oxygens (including phenoxy) is 1. The van der Waals surface area contributed by atoms with Gasteiger partial charge in [-0.1, -0.05) is 68.8 Å². The van der Waals surface area contributed by atoms with Crippen LogP contribution < -0.4 is 14.9 Å². The zero-order valence-electron chi connectivity index (χ0n) is 20.1. The summed E-state index contributed by atoms with van der Waals surface area (Å²) in [5.41, 5.74) is 11.9. The normalized spacial score (nSPS) is 18.6. The summed E-state index contributed by atoms with van der Waals surface area (Å²) in [6, 6.07) is 23.4. The third kappa shape index (κ3) is 4.42. The van der Waals surface area contributed by atoms with Crippen molar-refractivity contribution >= 4 is 14.0 Å². The number of anilines is 1. The second-order valence-electron chi connectivity index (χ2n) is 10.5. The van der Waals surface area contributed by atoms with Gasteiger partial charge in [-0.25, -0.2) is 0 Å². The Labute approximate surface area is 193 Å². The Balaban J connectivity index is 1.77. The van der Waals surface area contributed by atoms with Crippen molar-refractivity contribution in [3.63, 3.8) is 0 Å². The summed E-state index contributed by atoms with van der Waals surface area (Å²) in [7, 11) is -1.92. The van der Waals surface area contributed by atoms with Gasteiger partial charge in [-0.2, -0.15) is 0 Å². The summed E-state index contributed by atoms with van der Waals surface area (Å²) in [4.78, 5) is 0. The van der Waals surface area contributed by atoms with Crippen LogP contribution in [0.2, 0.25) is 18.1 Å². The van der Waals surface area contributed by atoms with E-state index < -0.39 is 8.32 Å². The zero-order chi connectivity index (χ0) is 23.1. The molecule has 0 saturated heterocycles. The highest BCUT2D eigenvalue weighted by atomic mass is 28.4. The van der Waals surface area contributed by atoms with E-state index in [2.05, 4.69) is 95.4 Å². The third-order valence-corrected chi connectivity index (χ3v) is 11.4. The quantitative estimate of drug-likeness (QED) is 0.339. The average Bonchev–Trinajstić information content (AvgIpc) is 2.71. The molecule has 2 N–H and O–H groups in total. The number of aryl methyl sites for hydroxylation is 1. The van der Waals surface area contributed by atoms with E-state index in [1.807, 2.05) is 12.1 Å². The summed E-state index contributed by atoms with van der Waals surface area (Å²) < 4.78 is 12.9. The molecule has 2 atom stereocenters. The van der Waals surface area contributed by atoms with E-state index in [9.17, 15) is 0 Å². The maximum atomic E-state index is 6.56. The summed E-state index contributed by atoms with van der Waals surface area (Å²) in [5.74, 6) is 2.20. The Bertz CT molecular complexity index is 1120. The predicted molar refractivity (Wildman–Crippen MR) is 136 cm³/mol. The third-order valence-electron chi connectivity index (χ3n) is 7.06. The zero-order valence-corrected chi connectivity index (χ0v) is 21.1. The molecule has 2 unspecified atom stereocenters. The van der Waals surface area contributed by atoms with Crippen LogP contribution in [0.25, 0.3) is 0 Å². The number of rotatable bonds is 4. The van der Waals surface area contributed by atoms with Gasteiger partial charge in [0.1, 0.15) is 11.5 Å². The molecule has 0 saturated carbocycles. The highest BCUT2D eigenvalue weighted by Gasteiger charge is 2.39. The highest BCUT2D eigenvalue weighted by molar-refractivity contribution is 6.74. The van der Waals surface area contributed by atoms with Crippen molar-refractivity contribution in [2.75, 3.05) is 12.3 Å². The molecule has 1 heterocycles. The van der Waals surface area contributed by atoms with Crippen LogP contribution in [0.1, 0.15) is 54.9 Å². The van der Waals surface area contributed by atoms with Crippen LogP contribution in [0, 0.1) is 6.92 Å². The van der Waals surface area contributed by atoms with Gasteiger partial charge in [-0.15, -0.1) is 0 Å². The number of benzene rings is 3. The molecule has 4 heteroatoms. The number of hydrogen-bond donors (Lipinski definition) is 1. The highest BCUT2D eigenvalue weighted by Crippen LogP contribution is 2.48. The molecule has 0 aromatic heterocycles. The van der Waals surface area contributed by atoms with Gasteiger partial charge >= 0.3 is 0 Å². The standard InChI is InChI=1S/C28H35NO2Si/c1-19-9-7-10-20(15-19)25-18-30-26-17-23(31-32(5,6)28(2,3)4)13-14-24(26)27(25)21-11-8-12-22(29)16-21/h7-17,25,27H,18,29H2,1-6H3. The molecule has 0 bridgehead atoms. The van der Waals surface area contributed by atoms with Crippen LogP contribution in [-0.2, 0) is 0 Å². The maximum Gasteiger partial charge on any atom is 0.250 e. The average molecular weight is 446 g/mol. The molecule has 4 rings (SSSR count). The van der Waals surface area contributed by atoms with Crippen molar-refractivity contribution in [3.8, 4) is 11.5 Å². The monoisotopic (exact) mass is 445 g/mol. The van der Waals surface area contributed by atoms with Crippen LogP contribution >= 0.6 is 0 Å². The number of nitrogen functional groups attached to an aromatic ring is 1. The lowest BCUT2D eigenvalue weighted by atomic mass is 9.75. The van der Waals surface area contributed by atoms with Crippen LogP contribution in [0.4, 0.5) is 5.69 Å². The van der Waals surface area contributed by atoms with Crippen molar-refractivity contribution in [2.24, 2.45) is 0 Å². The second-order valence-corrected chi connectivity index (χ2v) is 15.3. The maximum absolute atomic E-state index is 6.56. The first-order valence-electron chi connectivity index (χ1n) is 11.4. The van der Waals surface area contributed by atoms with Gasteiger partial charge in [-0.05, 0) is 54.4 Å². The van der Waals surface area contributed by atoms with E-state index in [1.54, 1.807) is 0 Å². The number of fused-ring (bicyclic) bond motifs is 1. The lowest BCUT2D eigenvalue weighted by molar-refractivity contribution is 0.248. The number of hydrogen-bond acceptors (Lipinski definition) is 3. The molecule has 3 nitrogen and oxygen atoms in total. The van der Waals surface area contributed by atoms with E-state index in [-0.39, 0.29) is 16.9 Å². The van der Waals surface area contributed by atoms with E-state index in [1.165, 1.54) is 22.3 Å². The Morgan fingerprint density at radius 1 is 0.938 bits per heavy atom. The van der Waals surface area contributed by atoms with E-state index in [0.717, 1.165) is 17.2 Å².